The predicted octanol–water partition coefficient (Wildman–Crippen LogP) is 4.70. The Labute approximate surface area is 286 Å². The van der Waals surface area contributed by atoms with Gasteiger partial charge in [0.05, 0.1) is 28.6 Å². The lowest BCUT2D eigenvalue weighted by molar-refractivity contribution is -0.137. The molecule has 14 heteroatoms. The summed E-state index contributed by atoms with van der Waals surface area (Å²) < 4.78 is 16.9. The van der Waals surface area contributed by atoms with Gasteiger partial charge in [0.25, 0.3) is 5.91 Å². The zero-order chi connectivity index (χ0) is 34.2. The maximum atomic E-state index is 13.8. The van der Waals surface area contributed by atoms with Crippen LogP contribution < -0.4 is 16.0 Å². The molecule has 252 valence electrons. The second kappa shape index (κ2) is 13.3. The third-order valence-corrected chi connectivity index (χ3v) is 9.42. The standard InChI is InChI=1S/C35H35ClFN9O3/c1-21(28-15-31(39-17-30(28)36)44-12-10-43(11-13-44)18-22-16-40-45(19-22)20-32(47)48)41-25-6-2-23-3-9-27-33(35(38)49)42-46(34(27)29(23)14-25)26-7-4-24(37)5-8-26/h2,4-8,14-17,19,21,41H,3,9-13,18,20H2,1H3,(H2,38,49)(H,47,48). The number of amides is 1. The lowest BCUT2D eigenvalue weighted by atomic mass is 9.88. The molecule has 2 aromatic carbocycles. The first-order valence-corrected chi connectivity index (χ1v) is 16.4. The largest absolute Gasteiger partial charge is 0.480 e. The number of halogens is 2. The SMILES string of the molecule is CC(Nc1ccc2c(c1)-c1c(c(C(N)=O)nn1-c1ccc(F)cc1)CC2)c1cc(N2CCN(Cc3cnn(CC(=O)O)c3)CC2)ncc1Cl. The second-order valence-corrected chi connectivity index (χ2v) is 12.8. The molecule has 1 atom stereocenters. The second-order valence-electron chi connectivity index (χ2n) is 12.4. The molecule has 1 aliphatic carbocycles. The summed E-state index contributed by atoms with van der Waals surface area (Å²) in [7, 11) is 0. The van der Waals surface area contributed by atoms with Gasteiger partial charge in [-0.15, -0.1) is 0 Å². The number of carboxylic acid groups (broad SMARTS) is 1. The number of rotatable bonds is 10. The van der Waals surface area contributed by atoms with E-state index in [1.54, 1.807) is 35.4 Å². The van der Waals surface area contributed by atoms with Gasteiger partial charge in [-0.1, -0.05) is 17.7 Å². The summed E-state index contributed by atoms with van der Waals surface area (Å²) in [6.45, 7) is 5.79. The van der Waals surface area contributed by atoms with Crippen molar-refractivity contribution >= 4 is 35.0 Å². The summed E-state index contributed by atoms with van der Waals surface area (Å²) in [5.41, 5.74) is 12.9. The molecule has 5 aromatic rings. The average molecular weight is 684 g/mol. The maximum absolute atomic E-state index is 13.8. The molecule has 1 saturated heterocycles. The number of benzene rings is 2. The zero-order valence-electron chi connectivity index (χ0n) is 26.8. The van der Waals surface area contributed by atoms with E-state index in [1.807, 2.05) is 19.1 Å². The molecule has 1 aliphatic heterocycles. The number of pyridine rings is 1. The molecular weight excluding hydrogens is 649 g/mol. The Kier molecular flexibility index (Phi) is 8.78. The zero-order valence-corrected chi connectivity index (χ0v) is 27.6. The number of aromatic nitrogens is 5. The van der Waals surface area contributed by atoms with Gasteiger partial charge in [-0.25, -0.2) is 14.1 Å². The highest BCUT2D eigenvalue weighted by atomic mass is 35.5. The minimum absolute atomic E-state index is 0.153. The fourth-order valence-electron chi connectivity index (χ4n) is 6.68. The number of nitrogens with zero attached hydrogens (tertiary/aromatic N) is 7. The van der Waals surface area contributed by atoms with Gasteiger partial charge < -0.3 is 21.1 Å². The fourth-order valence-corrected chi connectivity index (χ4v) is 6.94. The van der Waals surface area contributed by atoms with E-state index in [0.29, 0.717) is 23.7 Å². The van der Waals surface area contributed by atoms with E-state index >= 15 is 0 Å². The smallest absolute Gasteiger partial charge is 0.325 e. The summed E-state index contributed by atoms with van der Waals surface area (Å²) in [6, 6.07) is 14.0. The van der Waals surface area contributed by atoms with E-state index in [0.717, 1.165) is 77.6 Å². The van der Waals surface area contributed by atoms with Crippen LogP contribution >= 0.6 is 11.6 Å². The van der Waals surface area contributed by atoms with Crippen molar-refractivity contribution in [3.63, 3.8) is 0 Å². The number of hydrogen-bond donors (Lipinski definition) is 3. The number of aryl methyl sites for hydroxylation is 1. The van der Waals surface area contributed by atoms with Crippen molar-refractivity contribution in [2.45, 2.75) is 38.9 Å². The van der Waals surface area contributed by atoms with Crippen molar-refractivity contribution in [2.75, 3.05) is 36.4 Å². The Morgan fingerprint density at radius 2 is 1.84 bits per heavy atom. The van der Waals surface area contributed by atoms with Crippen molar-refractivity contribution in [1.82, 2.24) is 29.4 Å². The number of nitrogens with one attached hydrogen (secondary N) is 1. The van der Waals surface area contributed by atoms with Crippen LogP contribution in [0.5, 0.6) is 0 Å². The number of anilines is 2. The number of carboxylic acids is 1. The molecule has 4 heterocycles. The highest BCUT2D eigenvalue weighted by Crippen LogP contribution is 2.39. The molecule has 4 N–H and O–H groups in total. The van der Waals surface area contributed by atoms with Crippen LogP contribution in [-0.4, -0.2) is 72.6 Å². The predicted molar refractivity (Wildman–Crippen MR) is 184 cm³/mol. The van der Waals surface area contributed by atoms with E-state index in [9.17, 15) is 14.0 Å². The molecule has 2 aliphatic rings. The molecule has 0 saturated carbocycles. The summed E-state index contributed by atoms with van der Waals surface area (Å²) in [4.78, 5) is 32.6. The third-order valence-electron chi connectivity index (χ3n) is 9.10. The quantitative estimate of drug-likeness (QED) is 0.191. The van der Waals surface area contributed by atoms with Crippen LogP contribution in [0.2, 0.25) is 5.02 Å². The minimum atomic E-state index is -0.921. The van der Waals surface area contributed by atoms with Crippen LogP contribution in [0.4, 0.5) is 15.9 Å². The van der Waals surface area contributed by atoms with Crippen LogP contribution in [0.3, 0.4) is 0 Å². The van der Waals surface area contributed by atoms with E-state index in [4.69, 9.17) is 22.4 Å². The van der Waals surface area contributed by atoms with Crippen molar-refractivity contribution < 1.29 is 19.1 Å². The van der Waals surface area contributed by atoms with Gasteiger partial charge in [-0.3, -0.25) is 19.2 Å². The first-order chi connectivity index (χ1) is 23.6. The topological polar surface area (TPSA) is 147 Å². The van der Waals surface area contributed by atoms with E-state index in [-0.39, 0.29) is 24.1 Å². The summed E-state index contributed by atoms with van der Waals surface area (Å²) in [5, 5.41) is 21.9. The molecule has 49 heavy (non-hydrogen) atoms. The molecule has 1 amide bonds. The van der Waals surface area contributed by atoms with E-state index in [2.05, 4.69) is 42.4 Å². The van der Waals surface area contributed by atoms with E-state index < -0.39 is 11.9 Å². The monoisotopic (exact) mass is 683 g/mol. The number of hydrogen-bond acceptors (Lipinski definition) is 8. The Balaban J connectivity index is 1.08. The van der Waals surface area contributed by atoms with Crippen LogP contribution in [0.25, 0.3) is 16.9 Å². The molecule has 0 bridgehead atoms. The average Bonchev–Trinajstić information content (AvgIpc) is 3.70. The molecule has 0 spiro atoms. The van der Waals surface area contributed by atoms with Crippen LogP contribution in [-0.2, 0) is 30.7 Å². The molecule has 1 unspecified atom stereocenters. The number of aliphatic carboxylic acids is 1. The van der Waals surface area contributed by atoms with E-state index in [1.165, 1.54) is 16.8 Å². The fraction of sp³-hybridized carbons (Fsp3) is 0.286. The van der Waals surface area contributed by atoms with Gasteiger partial charge in [-0.05, 0) is 73.4 Å². The van der Waals surface area contributed by atoms with Crippen LogP contribution in [0, 0.1) is 5.82 Å². The number of carbonyl (C=O) groups excluding carboxylic acids is 1. The number of nitrogens with two attached hydrogens (primary N) is 1. The number of primary amides is 1. The minimum Gasteiger partial charge on any atom is -0.480 e. The van der Waals surface area contributed by atoms with Crippen molar-refractivity contribution in [3.05, 3.63) is 106 Å². The summed E-state index contributed by atoms with van der Waals surface area (Å²) >= 11 is 6.70. The molecule has 12 nitrogen and oxygen atoms in total. The first-order valence-electron chi connectivity index (χ1n) is 16.1. The van der Waals surface area contributed by atoms with Gasteiger partial charge in [0.1, 0.15) is 18.2 Å². The highest BCUT2D eigenvalue weighted by Gasteiger charge is 2.29. The normalized spacial score (nSPS) is 15.0. The van der Waals surface area contributed by atoms with Gasteiger partial charge in [0, 0.05) is 67.5 Å². The van der Waals surface area contributed by atoms with Gasteiger partial charge >= 0.3 is 5.97 Å². The molecule has 1 fully saturated rings. The van der Waals surface area contributed by atoms with Crippen molar-refractivity contribution in [1.29, 1.82) is 0 Å². The Morgan fingerprint density at radius 1 is 1.06 bits per heavy atom. The number of fused-ring (bicyclic) bond motifs is 3. The molecule has 7 rings (SSSR count). The number of carbonyl (C=O) groups is 2. The maximum Gasteiger partial charge on any atom is 0.325 e. The lowest BCUT2D eigenvalue weighted by Gasteiger charge is -2.35. The van der Waals surface area contributed by atoms with Crippen molar-refractivity contribution in [2.24, 2.45) is 5.73 Å². The molecular formula is C35H35ClFN9O3. The first kappa shape index (κ1) is 32.3. The van der Waals surface area contributed by atoms with Crippen LogP contribution in [0.15, 0.2) is 67.1 Å². The number of piperazine rings is 1. The lowest BCUT2D eigenvalue weighted by Crippen LogP contribution is -2.46. The third kappa shape index (κ3) is 6.72. The molecule has 0 radical (unpaired) electrons. The summed E-state index contributed by atoms with van der Waals surface area (Å²) in [5.74, 6) is -1.03. The van der Waals surface area contributed by atoms with Gasteiger partial charge in [-0.2, -0.15) is 10.2 Å². The Morgan fingerprint density at radius 3 is 2.57 bits per heavy atom. The van der Waals surface area contributed by atoms with Crippen molar-refractivity contribution in [3.8, 4) is 16.9 Å². The Bertz CT molecular complexity index is 2040. The highest BCUT2D eigenvalue weighted by molar-refractivity contribution is 6.31. The molecule has 3 aromatic heterocycles. The summed E-state index contributed by atoms with van der Waals surface area (Å²) in [6.07, 6.45) is 6.54. The van der Waals surface area contributed by atoms with Gasteiger partial charge in [0.15, 0.2) is 5.69 Å². The Hall–Kier alpha value is -5.27. The van der Waals surface area contributed by atoms with Crippen LogP contribution in [0.1, 0.15) is 45.7 Å². The van der Waals surface area contributed by atoms with Gasteiger partial charge in [0.2, 0.25) is 0 Å².